The molecule has 1 aromatic rings. The molecule has 76 valence electrons. The minimum atomic E-state index is -0.637. The van der Waals surface area contributed by atoms with Crippen LogP contribution >= 0.6 is 0 Å². The highest BCUT2D eigenvalue weighted by atomic mass is 16.6. The summed E-state index contributed by atoms with van der Waals surface area (Å²) in [4.78, 5) is 9.72. The monoisotopic (exact) mass is 197 g/mol. The molecule has 6 heteroatoms. The lowest BCUT2D eigenvalue weighted by atomic mass is 10.2. The molecular weight excluding hydrogens is 186 g/mol. The fourth-order valence-electron chi connectivity index (χ4n) is 1.00. The zero-order valence-electron chi connectivity index (χ0n) is 7.43. The molecule has 0 unspecified atom stereocenters. The number of nitrogens with two attached hydrogens (primary N) is 1. The first-order valence-electron chi connectivity index (χ1n) is 4.06. The molecule has 1 aromatic carbocycles. The largest absolute Gasteiger partial charge is 0.502 e. The van der Waals surface area contributed by atoms with E-state index in [1.807, 2.05) is 0 Å². The Balaban J connectivity index is 2.83. The Hall–Kier alpha value is -1.82. The predicted octanol–water partition coefficient (Wildman–Crippen LogP) is 0.671. The zero-order valence-corrected chi connectivity index (χ0v) is 7.43. The van der Waals surface area contributed by atoms with Gasteiger partial charge in [-0.1, -0.05) is 0 Å². The molecule has 0 aromatic heterocycles. The van der Waals surface area contributed by atoms with Crippen molar-refractivity contribution in [3.05, 3.63) is 28.3 Å². The van der Waals surface area contributed by atoms with Gasteiger partial charge in [-0.15, -0.1) is 0 Å². The first-order valence-corrected chi connectivity index (χ1v) is 4.06. The molecule has 0 heterocycles. The summed E-state index contributed by atoms with van der Waals surface area (Å²) in [7, 11) is 0. The van der Waals surface area contributed by atoms with Gasteiger partial charge in [0.05, 0.1) is 4.92 Å². The number of nitrogens with zero attached hydrogens (tertiary/aromatic N) is 1. The van der Waals surface area contributed by atoms with Crippen molar-refractivity contribution in [3.8, 4) is 5.75 Å². The van der Waals surface area contributed by atoms with Gasteiger partial charge in [-0.3, -0.25) is 10.1 Å². The average molecular weight is 197 g/mol. The van der Waals surface area contributed by atoms with Crippen molar-refractivity contribution in [1.82, 2.24) is 0 Å². The number of phenolic OH excluding ortho intramolecular Hbond substituents is 1. The van der Waals surface area contributed by atoms with Crippen LogP contribution in [0.2, 0.25) is 0 Å². The fourth-order valence-corrected chi connectivity index (χ4v) is 1.00. The first-order chi connectivity index (χ1) is 6.65. The summed E-state index contributed by atoms with van der Waals surface area (Å²) < 4.78 is 0. The highest BCUT2D eigenvalue weighted by molar-refractivity contribution is 5.57. The Kier molecular flexibility index (Phi) is 3.24. The third-order valence-electron chi connectivity index (χ3n) is 1.65. The SMILES string of the molecule is NCCNc1ccc([N+](=O)[O-])c(O)c1. The third-order valence-corrected chi connectivity index (χ3v) is 1.65. The van der Waals surface area contributed by atoms with Crippen molar-refractivity contribution < 1.29 is 10.0 Å². The van der Waals surface area contributed by atoms with Crippen molar-refractivity contribution in [2.24, 2.45) is 5.73 Å². The zero-order chi connectivity index (χ0) is 10.6. The van der Waals surface area contributed by atoms with E-state index < -0.39 is 4.92 Å². The van der Waals surface area contributed by atoms with Crippen molar-refractivity contribution in [3.63, 3.8) is 0 Å². The number of nitro groups is 1. The van der Waals surface area contributed by atoms with E-state index >= 15 is 0 Å². The van der Waals surface area contributed by atoms with Gasteiger partial charge in [-0.05, 0) is 6.07 Å². The number of benzene rings is 1. The molecule has 0 aliphatic rings. The second kappa shape index (κ2) is 4.43. The summed E-state index contributed by atoms with van der Waals surface area (Å²) in [5.41, 5.74) is 5.57. The topological polar surface area (TPSA) is 101 Å². The summed E-state index contributed by atoms with van der Waals surface area (Å²) in [5.74, 6) is -0.350. The smallest absolute Gasteiger partial charge is 0.310 e. The maximum Gasteiger partial charge on any atom is 0.310 e. The average Bonchev–Trinajstić information content (AvgIpc) is 2.14. The van der Waals surface area contributed by atoms with E-state index in [1.165, 1.54) is 18.2 Å². The first kappa shape index (κ1) is 10.3. The predicted molar refractivity (Wildman–Crippen MR) is 52.3 cm³/mol. The van der Waals surface area contributed by atoms with Crippen molar-refractivity contribution in [2.45, 2.75) is 0 Å². The van der Waals surface area contributed by atoms with Gasteiger partial charge in [0.1, 0.15) is 0 Å². The molecule has 0 saturated carbocycles. The highest BCUT2D eigenvalue weighted by Gasteiger charge is 2.12. The molecule has 0 bridgehead atoms. The molecule has 0 radical (unpaired) electrons. The molecule has 0 spiro atoms. The van der Waals surface area contributed by atoms with E-state index in [0.717, 1.165) is 0 Å². The van der Waals surface area contributed by atoms with Crippen LogP contribution in [-0.4, -0.2) is 23.1 Å². The lowest BCUT2D eigenvalue weighted by Crippen LogP contribution is -2.12. The van der Waals surface area contributed by atoms with Crippen LogP contribution in [0.15, 0.2) is 18.2 Å². The van der Waals surface area contributed by atoms with Crippen LogP contribution in [0.4, 0.5) is 11.4 Å². The van der Waals surface area contributed by atoms with E-state index in [9.17, 15) is 15.2 Å². The maximum atomic E-state index is 10.4. The summed E-state index contributed by atoms with van der Waals surface area (Å²) >= 11 is 0. The molecular formula is C8H11N3O3. The van der Waals surface area contributed by atoms with Crippen LogP contribution in [0.5, 0.6) is 5.75 Å². The van der Waals surface area contributed by atoms with Crippen LogP contribution in [0.3, 0.4) is 0 Å². The Morgan fingerprint density at radius 3 is 2.79 bits per heavy atom. The van der Waals surface area contributed by atoms with Crippen LogP contribution in [-0.2, 0) is 0 Å². The maximum absolute atomic E-state index is 10.4. The molecule has 0 fully saturated rings. The number of anilines is 1. The van der Waals surface area contributed by atoms with Gasteiger partial charge in [0, 0.05) is 30.9 Å². The van der Waals surface area contributed by atoms with E-state index in [-0.39, 0.29) is 11.4 Å². The molecule has 0 amide bonds. The van der Waals surface area contributed by atoms with Gasteiger partial charge < -0.3 is 16.2 Å². The Bertz CT molecular complexity index is 341. The van der Waals surface area contributed by atoms with Gasteiger partial charge in [-0.2, -0.15) is 0 Å². The standard InChI is InChI=1S/C8H11N3O3/c9-3-4-10-6-1-2-7(11(13)14)8(12)5-6/h1-2,5,10,12H,3-4,9H2. The number of nitrogens with one attached hydrogen (secondary N) is 1. The molecule has 0 aliphatic heterocycles. The van der Waals surface area contributed by atoms with E-state index in [0.29, 0.717) is 18.8 Å². The second-order valence-electron chi connectivity index (χ2n) is 2.68. The molecule has 0 aliphatic carbocycles. The Morgan fingerprint density at radius 1 is 1.57 bits per heavy atom. The number of nitro benzene ring substituents is 1. The molecule has 4 N–H and O–H groups in total. The third kappa shape index (κ3) is 2.33. The molecule has 0 atom stereocenters. The second-order valence-corrected chi connectivity index (χ2v) is 2.68. The van der Waals surface area contributed by atoms with Crippen LogP contribution in [0.25, 0.3) is 0 Å². The van der Waals surface area contributed by atoms with E-state index in [1.54, 1.807) is 0 Å². The molecule has 1 rings (SSSR count). The van der Waals surface area contributed by atoms with E-state index in [4.69, 9.17) is 5.73 Å². The van der Waals surface area contributed by atoms with Crippen molar-refractivity contribution in [1.29, 1.82) is 0 Å². The summed E-state index contributed by atoms with van der Waals surface area (Å²) in [6.45, 7) is 1.01. The Labute approximate surface area is 80.5 Å². The van der Waals surface area contributed by atoms with Crippen molar-refractivity contribution in [2.75, 3.05) is 18.4 Å². The fraction of sp³-hybridized carbons (Fsp3) is 0.250. The van der Waals surface area contributed by atoms with Gasteiger partial charge in [0.15, 0.2) is 5.75 Å². The number of aromatic hydroxyl groups is 1. The number of rotatable bonds is 4. The quantitative estimate of drug-likeness (QED) is 0.486. The van der Waals surface area contributed by atoms with Gasteiger partial charge in [0.25, 0.3) is 0 Å². The van der Waals surface area contributed by atoms with Gasteiger partial charge in [0.2, 0.25) is 0 Å². The summed E-state index contributed by atoms with van der Waals surface area (Å²) in [6, 6.07) is 4.06. The minimum absolute atomic E-state index is 0.303. The van der Waals surface area contributed by atoms with E-state index in [2.05, 4.69) is 5.32 Å². The van der Waals surface area contributed by atoms with Crippen LogP contribution in [0.1, 0.15) is 0 Å². The highest BCUT2D eigenvalue weighted by Crippen LogP contribution is 2.28. The number of phenols is 1. The molecule has 0 saturated heterocycles. The normalized spacial score (nSPS) is 9.79. The van der Waals surface area contributed by atoms with Gasteiger partial charge in [-0.25, -0.2) is 0 Å². The molecule has 6 nitrogen and oxygen atoms in total. The lowest BCUT2D eigenvalue weighted by molar-refractivity contribution is -0.385. The minimum Gasteiger partial charge on any atom is -0.502 e. The van der Waals surface area contributed by atoms with Crippen LogP contribution in [0, 0.1) is 10.1 Å². The van der Waals surface area contributed by atoms with Crippen LogP contribution < -0.4 is 11.1 Å². The number of hydrogen-bond acceptors (Lipinski definition) is 5. The summed E-state index contributed by atoms with van der Waals surface area (Å²) in [5, 5.41) is 22.5. The lowest BCUT2D eigenvalue weighted by Gasteiger charge is -2.04. The van der Waals surface area contributed by atoms with Crippen molar-refractivity contribution >= 4 is 11.4 Å². The number of hydrogen-bond donors (Lipinski definition) is 3. The molecule has 14 heavy (non-hydrogen) atoms. The summed E-state index contributed by atoms with van der Waals surface area (Å²) in [6.07, 6.45) is 0. The Morgan fingerprint density at radius 2 is 2.29 bits per heavy atom. The van der Waals surface area contributed by atoms with Gasteiger partial charge >= 0.3 is 5.69 Å².